The standard InChI is InChI=1S/C17H26N2O10S3/c1-11-17(2,3)13-9-12(30(21,22)23)6-7-14(13)19(11)8-4-5-15(20)18-10-16(31(24,25)26)32(27,28)29/h6-7,9,11,16H,4-5,8,10H2,1-3H3,(H,18,20)(H,21,22,23)(H,24,25,26)(H,27,28,29). The molecule has 0 saturated carbocycles. The van der Waals surface area contributed by atoms with E-state index in [2.05, 4.69) is 5.32 Å². The number of hydrogen-bond acceptors (Lipinski definition) is 8. The van der Waals surface area contributed by atoms with E-state index in [4.69, 9.17) is 9.11 Å². The molecular weight excluding hydrogens is 488 g/mol. The Morgan fingerprint density at radius 3 is 2.16 bits per heavy atom. The molecular formula is C17H26N2O10S3. The lowest BCUT2D eigenvalue weighted by molar-refractivity contribution is -0.121. The van der Waals surface area contributed by atoms with Crippen molar-refractivity contribution in [2.75, 3.05) is 18.0 Å². The summed E-state index contributed by atoms with van der Waals surface area (Å²) < 4.78 is 91.8. The molecule has 0 saturated heterocycles. The molecule has 0 aromatic heterocycles. The smallest absolute Gasteiger partial charge is 0.294 e. The van der Waals surface area contributed by atoms with Crippen LogP contribution in [0.15, 0.2) is 23.1 Å². The summed E-state index contributed by atoms with van der Waals surface area (Å²) in [6.07, 6.45) is 0.180. The Morgan fingerprint density at radius 1 is 1.09 bits per heavy atom. The van der Waals surface area contributed by atoms with E-state index in [9.17, 15) is 34.6 Å². The molecule has 2 rings (SSSR count). The maximum atomic E-state index is 12.0. The number of carbonyl (C=O) groups excluding carboxylic acids is 1. The predicted octanol–water partition coefficient (Wildman–Crippen LogP) is 0.418. The predicted molar refractivity (Wildman–Crippen MR) is 115 cm³/mol. The molecule has 1 heterocycles. The number of nitrogens with one attached hydrogen (secondary N) is 1. The van der Waals surface area contributed by atoms with Gasteiger partial charge in [-0.15, -0.1) is 0 Å². The van der Waals surface area contributed by atoms with Gasteiger partial charge in [-0.2, -0.15) is 25.3 Å². The Hall–Kier alpha value is -1.78. The third-order valence-corrected chi connectivity index (χ3v) is 9.69. The lowest BCUT2D eigenvalue weighted by Gasteiger charge is -2.31. The average molecular weight is 515 g/mol. The second kappa shape index (κ2) is 8.87. The monoisotopic (exact) mass is 514 g/mol. The first-order chi connectivity index (χ1) is 14.4. The Balaban J connectivity index is 2.05. The van der Waals surface area contributed by atoms with E-state index in [1.54, 1.807) is 6.07 Å². The van der Waals surface area contributed by atoms with Gasteiger partial charge in [0.1, 0.15) is 0 Å². The molecule has 0 bridgehead atoms. The molecule has 1 aromatic rings. The summed E-state index contributed by atoms with van der Waals surface area (Å²) in [5, 5.41) is 2.06. The van der Waals surface area contributed by atoms with Crippen LogP contribution in [-0.2, 0) is 40.6 Å². The molecule has 182 valence electrons. The fourth-order valence-electron chi connectivity index (χ4n) is 3.64. The minimum atomic E-state index is -5.14. The van der Waals surface area contributed by atoms with Crippen LogP contribution in [0, 0.1) is 0 Å². The summed E-state index contributed by atoms with van der Waals surface area (Å²) in [5.74, 6) is -0.685. The van der Waals surface area contributed by atoms with Crippen molar-refractivity contribution in [3.63, 3.8) is 0 Å². The normalized spacial score (nSPS) is 18.6. The zero-order valence-electron chi connectivity index (χ0n) is 17.6. The van der Waals surface area contributed by atoms with Crippen molar-refractivity contribution >= 4 is 41.9 Å². The van der Waals surface area contributed by atoms with Gasteiger partial charge in [-0.3, -0.25) is 18.5 Å². The van der Waals surface area contributed by atoms with Gasteiger partial charge in [0.2, 0.25) is 10.5 Å². The van der Waals surface area contributed by atoms with Gasteiger partial charge >= 0.3 is 0 Å². The number of anilines is 1. The molecule has 1 aliphatic rings. The minimum absolute atomic E-state index is 0.0827. The van der Waals surface area contributed by atoms with E-state index in [0.29, 0.717) is 12.1 Å². The molecule has 0 spiro atoms. The average Bonchev–Trinajstić information content (AvgIpc) is 2.79. The first kappa shape index (κ1) is 26.5. The Bertz CT molecular complexity index is 1170. The van der Waals surface area contributed by atoms with Crippen LogP contribution < -0.4 is 10.2 Å². The first-order valence-corrected chi connectivity index (χ1v) is 13.9. The maximum absolute atomic E-state index is 12.0. The zero-order chi connectivity index (χ0) is 24.7. The number of fused-ring (bicyclic) bond motifs is 1. The molecule has 1 unspecified atom stereocenters. The first-order valence-electron chi connectivity index (χ1n) is 9.44. The number of amides is 1. The third kappa shape index (κ3) is 5.77. The van der Waals surface area contributed by atoms with Crippen LogP contribution >= 0.6 is 0 Å². The van der Waals surface area contributed by atoms with Gasteiger partial charge in [0.25, 0.3) is 30.4 Å². The van der Waals surface area contributed by atoms with E-state index in [1.807, 2.05) is 25.7 Å². The second-order valence-electron chi connectivity index (χ2n) is 8.11. The van der Waals surface area contributed by atoms with E-state index >= 15 is 0 Å². The molecule has 1 atom stereocenters. The second-order valence-corrected chi connectivity index (χ2v) is 13.0. The molecule has 0 aliphatic carbocycles. The van der Waals surface area contributed by atoms with Crippen molar-refractivity contribution in [3.05, 3.63) is 23.8 Å². The summed E-state index contributed by atoms with van der Waals surface area (Å²) >= 11 is 0. The lowest BCUT2D eigenvalue weighted by atomic mass is 9.81. The lowest BCUT2D eigenvalue weighted by Crippen LogP contribution is -2.42. The number of carbonyl (C=O) groups is 1. The van der Waals surface area contributed by atoms with Crippen molar-refractivity contribution in [1.29, 1.82) is 0 Å². The molecule has 4 N–H and O–H groups in total. The fourth-order valence-corrected chi connectivity index (χ4v) is 5.96. The molecule has 12 nitrogen and oxygen atoms in total. The SMILES string of the molecule is CC1N(CCCC(=O)NCC(S(=O)(=O)O)S(=O)(=O)O)c2ccc(S(=O)(=O)O)cc2C1(C)C. The fraction of sp³-hybridized carbons (Fsp3) is 0.588. The van der Waals surface area contributed by atoms with Crippen molar-refractivity contribution in [2.45, 2.75) is 54.5 Å². The summed E-state index contributed by atoms with van der Waals surface area (Å²) in [6, 6.07) is 4.19. The number of benzene rings is 1. The van der Waals surface area contributed by atoms with Crippen LogP contribution in [0.1, 0.15) is 39.2 Å². The summed E-state index contributed by atoms with van der Waals surface area (Å²) in [4.78, 5) is 13.8. The molecule has 0 radical (unpaired) electrons. The number of rotatable bonds is 9. The van der Waals surface area contributed by atoms with E-state index in [1.165, 1.54) is 12.1 Å². The van der Waals surface area contributed by atoms with Gasteiger partial charge in [0.15, 0.2) is 0 Å². The van der Waals surface area contributed by atoms with E-state index < -0.39 is 52.8 Å². The number of hydrogen-bond donors (Lipinski definition) is 4. The van der Waals surface area contributed by atoms with Crippen molar-refractivity contribution in [3.8, 4) is 0 Å². The van der Waals surface area contributed by atoms with Gasteiger partial charge in [-0.25, -0.2) is 0 Å². The molecule has 0 fully saturated rings. The van der Waals surface area contributed by atoms with Gasteiger partial charge in [0, 0.05) is 30.1 Å². The number of nitrogens with zero attached hydrogens (tertiary/aromatic N) is 1. The topological polar surface area (TPSA) is 195 Å². The highest BCUT2D eigenvalue weighted by molar-refractivity contribution is 8.04. The van der Waals surface area contributed by atoms with E-state index in [-0.39, 0.29) is 23.8 Å². The van der Waals surface area contributed by atoms with Crippen molar-refractivity contribution < 1.29 is 43.7 Å². The molecule has 32 heavy (non-hydrogen) atoms. The molecule has 1 aliphatic heterocycles. The Morgan fingerprint density at radius 2 is 1.66 bits per heavy atom. The Kier molecular flexibility index (Phi) is 7.34. The van der Waals surface area contributed by atoms with Crippen molar-refractivity contribution in [2.24, 2.45) is 0 Å². The summed E-state index contributed by atoms with van der Waals surface area (Å²) in [7, 11) is -14.6. The molecule has 1 amide bonds. The van der Waals surface area contributed by atoms with Gasteiger partial charge in [0.05, 0.1) is 11.4 Å². The maximum Gasteiger partial charge on any atom is 0.294 e. The van der Waals surface area contributed by atoms with Gasteiger partial charge < -0.3 is 10.2 Å². The largest absolute Gasteiger partial charge is 0.368 e. The zero-order valence-corrected chi connectivity index (χ0v) is 20.0. The van der Waals surface area contributed by atoms with Gasteiger partial charge in [-0.05, 0) is 37.1 Å². The van der Waals surface area contributed by atoms with Crippen LogP contribution in [0.2, 0.25) is 0 Å². The third-order valence-electron chi connectivity index (χ3n) is 5.71. The highest BCUT2D eigenvalue weighted by Gasteiger charge is 2.42. The van der Waals surface area contributed by atoms with Crippen LogP contribution in [0.25, 0.3) is 0 Å². The quantitative estimate of drug-likeness (QED) is 0.333. The summed E-state index contributed by atoms with van der Waals surface area (Å²) in [5.41, 5.74) is 0.998. The van der Waals surface area contributed by atoms with E-state index in [0.717, 1.165) is 5.69 Å². The molecule has 15 heteroatoms. The highest BCUT2D eigenvalue weighted by Crippen LogP contribution is 2.45. The van der Waals surface area contributed by atoms with Crippen LogP contribution in [-0.4, -0.2) is 68.5 Å². The summed E-state index contributed by atoms with van der Waals surface area (Å²) in [6.45, 7) is 5.13. The highest BCUT2D eigenvalue weighted by atomic mass is 32.3. The van der Waals surface area contributed by atoms with Crippen LogP contribution in [0.3, 0.4) is 0 Å². The van der Waals surface area contributed by atoms with Crippen LogP contribution in [0.5, 0.6) is 0 Å². The minimum Gasteiger partial charge on any atom is -0.368 e. The van der Waals surface area contributed by atoms with Crippen LogP contribution in [0.4, 0.5) is 5.69 Å². The molecule has 1 aromatic carbocycles. The van der Waals surface area contributed by atoms with Gasteiger partial charge in [-0.1, -0.05) is 13.8 Å². The van der Waals surface area contributed by atoms with Crippen molar-refractivity contribution in [1.82, 2.24) is 5.32 Å². The Labute approximate surface area is 187 Å².